The molecular weight excluding hydrogens is 477 g/mol. The molecule has 1 unspecified atom stereocenters. The van der Waals surface area contributed by atoms with E-state index in [9.17, 15) is 8.78 Å². The van der Waals surface area contributed by atoms with Crippen molar-refractivity contribution in [2.24, 2.45) is 17.8 Å². The number of benzene rings is 3. The van der Waals surface area contributed by atoms with Crippen molar-refractivity contribution >= 4 is 5.57 Å². The first-order valence-electron chi connectivity index (χ1n) is 14.1. The Morgan fingerprint density at radius 1 is 0.763 bits per heavy atom. The van der Waals surface area contributed by atoms with E-state index in [1.165, 1.54) is 51.0 Å². The Morgan fingerprint density at radius 2 is 1.42 bits per heavy atom. The number of aryl methyl sites for hydroxylation is 1. The Kier molecular flexibility index (Phi) is 8.21. The van der Waals surface area contributed by atoms with Gasteiger partial charge in [0, 0.05) is 11.1 Å². The molecule has 1 atom stereocenters. The van der Waals surface area contributed by atoms with Crippen LogP contribution in [0.1, 0.15) is 68.9 Å². The smallest absolute Gasteiger partial charge is 0.166 e. The molecule has 0 heterocycles. The molecule has 3 aromatic rings. The van der Waals surface area contributed by atoms with Crippen molar-refractivity contribution in [3.05, 3.63) is 102 Å². The standard InChI is InChI=1S/C35H37F3/c1-3-4-5-24-7-9-25(10-8-24)26-11-13-27(14-12-26)30-19-21-31(33(36)22-30)28-15-17-29(18-16-28)32-20-6-23(2)34(37)35(32)38/h3,6,13,15-22,24-26H,1,4-5,7-12,14H2,2H3. The summed E-state index contributed by atoms with van der Waals surface area (Å²) in [5, 5.41) is 0. The van der Waals surface area contributed by atoms with Crippen LogP contribution in [-0.4, -0.2) is 0 Å². The minimum Gasteiger partial charge on any atom is -0.206 e. The maximum Gasteiger partial charge on any atom is 0.166 e. The summed E-state index contributed by atoms with van der Waals surface area (Å²) in [6.07, 6.45) is 15.5. The molecule has 0 radical (unpaired) electrons. The molecule has 1 saturated carbocycles. The van der Waals surface area contributed by atoms with Crippen molar-refractivity contribution in [3.8, 4) is 22.3 Å². The molecule has 0 spiro atoms. The predicted molar refractivity (Wildman–Crippen MR) is 152 cm³/mol. The lowest BCUT2D eigenvalue weighted by molar-refractivity contribution is 0.190. The van der Waals surface area contributed by atoms with E-state index >= 15 is 4.39 Å². The summed E-state index contributed by atoms with van der Waals surface area (Å²) in [6.45, 7) is 5.40. The fraction of sp³-hybridized carbons (Fsp3) is 0.371. The van der Waals surface area contributed by atoms with Gasteiger partial charge in [0.25, 0.3) is 0 Å². The second-order valence-corrected chi connectivity index (χ2v) is 11.2. The van der Waals surface area contributed by atoms with Gasteiger partial charge >= 0.3 is 0 Å². The summed E-state index contributed by atoms with van der Waals surface area (Å²) >= 11 is 0. The molecule has 3 aromatic carbocycles. The number of rotatable bonds is 7. The van der Waals surface area contributed by atoms with Gasteiger partial charge in [-0.3, -0.25) is 0 Å². The molecule has 1 fully saturated rings. The largest absolute Gasteiger partial charge is 0.206 e. The van der Waals surface area contributed by atoms with Crippen molar-refractivity contribution in [2.75, 3.05) is 0 Å². The van der Waals surface area contributed by atoms with Gasteiger partial charge in [0.2, 0.25) is 0 Å². The Bertz CT molecular complexity index is 1310. The average molecular weight is 515 g/mol. The van der Waals surface area contributed by atoms with Gasteiger partial charge in [0.05, 0.1) is 0 Å². The predicted octanol–water partition coefficient (Wildman–Crippen LogP) is 10.7. The molecule has 5 rings (SSSR count). The Labute approximate surface area is 225 Å². The normalized spacial score (nSPS) is 21.7. The van der Waals surface area contributed by atoms with Crippen LogP contribution < -0.4 is 0 Å². The Hall–Kier alpha value is -3.07. The van der Waals surface area contributed by atoms with Gasteiger partial charge in [-0.25, -0.2) is 13.2 Å². The van der Waals surface area contributed by atoms with E-state index in [-0.39, 0.29) is 16.9 Å². The van der Waals surface area contributed by atoms with Crippen LogP contribution in [0.25, 0.3) is 27.8 Å². The quantitative estimate of drug-likeness (QED) is 0.275. The van der Waals surface area contributed by atoms with Crippen molar-refractivity contribution in [3.63, 3.8) is 0 Å². The van der Waals surface area contributed by atoms with Gasteiger partial charge in [-0.2, -0.15) is 0 Å². The molecule has 0 amide bonds. The number of hydrogen-bond acceptors (Lipinski definition) is 0. The summed E-state index contributed by atoms with van der Waals surface area (Å²) in [4.78, 5) is 0. The first-order chi connectivity index (χ1) is 18.4. The maximum atomic E-state index is 15.2. The zero-order valence-corrected chi connectivity index (χ0v) is 22.3. The van der Waals surface area contributed by atoms with Crippen LogP contribution in [-0.2, 0) is 0 Å². The van der Waals surface area contributed by atoms with Crippen molar-refractivity contribution in [2.45, 2.75) is 64.7 Å². The lowest BCUT2D eigenvalue weighted by Gasteiger charge is -2.35. The highest BCUT2D eigenvalue weighted by Crippen LogP contribution is 2.42. The van der Waals surface area contributed by atoms with Crippen LogP contribution in [0.5, 0.6) is 0 Å². The Balaban J connectivity index is 1.24. The van der Waals surface area contributed by atoms with Crippen LogP contribution in [0.2, 0.25) is 0 Å². The van der Waals surface area contributed by atoms with Gasteiger partial charge in [-0.05, 0) is 104 Å². The average Bonchev–Trinajstić information content (AvgIpc) is 2.95. The highest BCUT2D eigenvalue weighted by Gasteiger charge is 2.28. The highest BCUT2D eigenvalue weighted by atomic mass is 19.2. The monoisotopic (exact) mass is 514 g/mol. The Morgan fingerprint density at radius 3 is 2.05 bits per heavy atom. The van der Waals surface area contributed by atoms with E-state index in [2.05, 4.69) is 12.7 Å². The van der Waals surface area contributed by atoms with Crippen molar-refractivity contribution in [1.82, 2.24) is 0 Å². The third-order valence-electron chi connectivity index (χ3n) is 8.91. The SMILES string of the molecule is C=CCCC1CCC(C2CC=C(c3ccc(-c4ccc(-c5ccc(C)c(F)c5F)cc4)c(F)c3)CC2)CC1. The molecule has 0 bridgehead atoms. The van der Waals surface area contributed by atoms with Crippen LogP contribution in [0.15, 0.2) is 73.3 Å². The first kappa shape index (κ1) is 26.5. The maximum absolute atomic E-state index is 15.2. The van der Waals surface area contributed by atoms with Gasteiger partial charge in [-0.1, -0.05) is 73.5 Å². The van der Waals surface area contributed by atoms with Crippen LogP contribution >= 0.6 is 0 Å². The second-order valence-electron chi connectivity index (χ2n) is 11.2. The lowest BCUT2D eigenvalue weighted by Crippen LogP contribution is -2.23. The molecule has 0 aromatic heterocycles. The zero-order valence-electron chi connectivity index (χ0n) is 22.3. The summed E-state index contributed by atoms with van der Waals surface area (Å²) in [5.74, 6) is 0.524. The third-order valence-corrected chi connectivity index (χ3v) is 8.91. The molecule has 0 nitrogen and oxygen atoms in total. The van der Waals surface area contributed by atoms with Gasteiger partial charge in [-0.15, -0.1) is 6.58 Å². The van der Waals surface area contributed by atoms with E-state index in [0.717, 1.165) is 42.6 Å². The minimum absolute atomic E-state index is 0.207. The number of halogens is 3. The van der Waals surface area contributed by atoms with Crippen molar-refractivity contribution in [1.29, 1.82) is 0 Å². The van der Waals surface area contributed by atoms with Crippen LogP contribution in [0.3, 0.4) is 0 Å². The molecule has 3 heteroatoms. The van der Waals surface area contributed by atoms with Gasteiger partial charge < -0.3 is 0 Å². The summed E-state index contributed by atoms with van der Waals surface area (Å²) in [6, 6.07) is 15.6. The van der Waals surface area contributed by atoms with Gasteiger partial charge in [0.15, 0.2) is 11.6 Å². The molecule has 0 saturated heterocycles. The van der Waals surface area contributed by atoms with E-state index in [1.54, 1.807) is 42.5 Å². The number of hydrogen-bond donors (Lipinski definition) is 0. The molecule has 2 aliphatic carbocycles. The molecule has 198 valence electrons. The first-order valence-corrected chi connectivity index (χ1v) is 14.1. The van der Waals surface area contributed by atoms with Crippen molar-refractivity contribution < 1.29 is 13.2 Å². The lowest BCUT2D eigenvalue weighted by atomic mass is 9.70. The second kappa shape index (κ2) is 11.8. The topological polar surface area (TPSA) is 0 Å². The van der Waals surface area contributed by atoms with Gasteiger partial charge in [0.1, 0.15) is 5.82 Å². The summed E-state index contributed by atoms with van der Waals surface area (Å²) < 4.78 is 43.6. The van der Waals surface area contributed by atoms with E-state index < -0.39 is 11.6 Å². The fourth-order valence-corrected chi connectivity index (χ4v) is 6.49. The minimum atomic E-state index is -0.854. The molecular formula is C35H37F3. The van der Waals surface area contributed by atoms with E-state index in [4.69, 9.17) is 0 Å². The molecule has 2 aliphatic rings. The fourth-order valence-electron chi connectivity index (χ4n) is 6.49. The summed E-state index contributed by atoms with van der Waals surface area (Å²) in [7, 11) is 0. The molecule has 0 aliphatic heterocycles. The highest BCUT2D eigenvalue weighted by molar-refractivity contribution is 5.74. The zero-order chi connectivity index (χ0) is 26.6. The third kappa shape index (κ3) is 5.67. The van der Waals surface area contributed by atoms with E-state index in [0.29, 0.717) is 16.7 Å². The van der Waals surface area contributed by atoms with E-state index in [1.807, 2.05) is 18.2 Å². The number of allylic oxidation sites excluding steroid dienone is 3. The van der Waals surface area contributed by atoms with Crippen LogP contribution in [0, 0.1) is 42.1 Å². The van der Waals surface area contributed by atoms with Crippen LogP contribution in [0.4, 0.5) is 13.2 Å². The summed E-state index contributed by atoms with van der Waals surface area (Å²) in [5.41, 5.74) is 4.49. The molecule has 0 N–H and O–H groups in total. The molecule has 38 heavy (non-hydrogen) atoms.